The zero-order chi connectivity index (χ0) is 19.9. The summed E-state index contributed by atoms with van der Waals surface area (Å²) in [6.45, 7) is 0. The summed E-state index contributed by atoms with van der Waals surface area (Å²) in [6.07, 6.45) is 7.29. The molecule has 28 heavy (non-hydrogen) atoms. The molecule has 4 rings (SSSR count). The van der Waals surface area contributed by atoms with E-state index in [0.717, 1.165) is 55.3 Å². The van der Waals surface area contributed by atoms with E-state index in [1.807, 2.05) is 0 Å². The molecule has 2 amide bonds. The molecular weight excluding hydrogens is 378 g/mol. The molecule has 0 fully saturated rings. The minimum atomic E-state index is -4.10. The van der Waals surface area contributed by atoms with Crippen LogP contribution in [0.15, 0.2) is 23.4 Å². The average Bonchev–Trinajstić information content (AvgIpc) is 3.30. The summed E-state index contributed by atoms with van der Waals surface area (Å²) >= 11 is 0. The van der Waals surface area contributed by atoms with Gasteiger partial charge in [-0.1, -0.05) is 6.07 Å². The molecule has 0 saturated heterocycles. The number of aryl methyl sites for hydroxylation is 2. The topological polar surface area (TPSA) is 104 Å². The molecule has 0 saturated carbocycles. The molecule has 0 atom stereocenters. The van der Waals surface area contributed by atoms with Crippen LogP contribution in [-0.4, -0.2) is 38.5 Å². The number of anilines is 2. The first-order chi connectivity index (χ1) is 13.3. The summed E-state index contributed by atoms with van der Waals surface area (Å²) in [5.41, 5.74) is 5.62. The van der Waals surface area contributed by atoms with Crippen LogP contribution in [-0.2, 0) is 35.7 Å². The normalized spacial score (nSPS) is 15.1. The molecule has 0 bridgehead atoms. The maximum Gasteiger partial charge on any atom is 0.333 e. The van der Waals surface area contributed by atoms with Crippen molar-refractivity contribution in [3.8, 4) is 0 Å². The summed E-state index contributed by atoms with van der Waals surface area (Å²) in [6, 6.07) is 2.76. The third kappa shape index (κ3) is 3.42. The molecule has 1 aromatic carbocycles. The molecule has 0 aliphatic heterocycles. The van der Waals surface area contributed by atoms with Crippen LogP contribution < -0.4 is 14.9 Å². The lowest BCUT2D eigenvalue weighted by molar-refractivity contribution is 0.256. The van der Waals surface area contributed by atoms with Gasteiger partial charge in [0, 0.05) is 26.0 Å². The van der Waals surface area contributed by atoms with Gasteiger partial charge in [0.05, 0.1) is 0 Å². The minimum Gasteiger partial charge on any atom is -0.347 e. The highest BCUT2D eigenvalue weighted by molar-refractivity contribution is 7.90. The van der Waals surface area contributed by atoms with E-state index in [9.17, 15) is 13.2 Å². The van der Waals surface area contributed by atoms with E-state index < -0.39 is 16.1 Å². The van der Waals surface area contributed by atoms with Gasteiger partial charge in [-0.25, -0.2) is 14.5 Å². The Kier molecular flexibility index (Phi) is 4.70. The van der Waals surface area contributed by atoms with Gasteiger partial charge in [-0.05, 0) is 66.8 Å². The fraction of sp³-hybridized carbons (Fsp3) is 0.421. The molecular formula is C19H23N5O3S. The Bertz CT molecular complexity index is 1020. The number of hydrogen-bond donors (Lipinski definition) is 2. The van der Waals surface area contributed by atoms with E-state index >= 15 is 0 Å². The second-order valence-electron chi connectivity index (χ2n) is 7.38. The molecule has 1 heterocycles. The van der Waals surface area contributed by atoms with E-state index in [1.54, 1.807) is 19.0 Å². The van der Waals surface area contributed by atoms with E-state index in [4.69, 9.17) is 0 Å². The second-order valence-corrected chi connectivity index (χ2v) is 9.01. The van der Waals surface area contributed by atoms with Crippen molar-refractivity contribution in [2.24, 2.45) is 0 Å². The number of carbonyl (C=O) groups is 1. The van der Waals surface area contributed by atoms with Gasteiger partial charge in [0.15, 0.2) is 5.03 Å². The maximum atomic E-state index is 12.6. The number of amides is 2. The number of carbonyl (C=O) groups excluding carboxylic acids is 1. The van der Waals surface area contributed by atoms with Crippen LogP contribution in [0, 0.1) is 0 Å². The van der Waals surface area contributed by atoms with Gasteiger partial charge in [-0.3, -0.25) is 0 Å². The molecule has 0 spiro atoms. The SMILES string of the molecule is CN(C)c1nccc(S(=O)(=O)NC(=O)Nc2c3c(cc4c2CCC4)CCC3)n1. The van der Waals surface area contributed by atoms with Gasteiger partial charge < -0.3 is 10.2 Å². The van der Waals surface area contributed by atoms with E-state index in [-0.39, 0.29) is 11.0 Å². The van der Waals surface area contributed by atoms with Gasteiger partial charge >= 0.3 is 6.03 Å². The highest BCUT2D eigenvalue weighted by Crippen LogP contribution is 2.38. The Labute approximate surface area is 164 Å². The molecule has 1 aromatic heterocycles. The van der Waals surface area contributed by atoms with Crippen LogP contribution in [0.1, 0.15) is 35.1 Å². The summed E-state index contributed by atoms with van der Waals surface area (Å²) in [7, 11) is -0.682. The Morgan fingerprint density at radius 1 is 1.07 bits per heavy atom. The third-order valence-corrected chi connectivity index (χ3v) is 6.46. The minimum absolute atomic E-state index is 0.245. The van der Waals surface area contributed by atoms with Crippen LogP contribution >= 0.6 is 0 Å². The molecule has 9 heteroatoms. The van der Waals surface area contributed by atoms with Crippen molar-refractivity contribution in [2.75, 3.05) is 24.3 Å². The maximum absolute atomic E-state index is 12.6. The summed E-state index contributed by atoms with van der Waals surface area (Å²) in [4.78, 5) is 22.2. The lowest BCUT2D eigenvalue weighted by Gasteiger charge is -2.16. The number of benzene rings is 1. The smallest absolute Gasteiger partial charge is 0.333 e. The number of fused-ring (bicyclic) bond motifs is 2. The second kappa shape index (κ2) is 7.05. The Balaban J connectivity index is 1.58. The first-order valence-electron chi connectivity index (χ1n) is 9.36. The fourth-order valence-corrected chi connectivity index (χ4v) is 4.82. The first kappa shape index (κ1) is 18.7. The quantitative estimate of drug-likeness (QED) is 0.760. The van der Waals surface area contributed by atoms with Gasteiger partial charge in [0.2, 0.25) is 5.95 Å². The molecule has 2 aliphatic rings. The van der Waals surface area contributed by atoms with Gasteiger partial charge in [0.25, 0.3) is 10.0 Å². The van der Waals surface area contributed by atoms with Crippen LogP contribution in [0.5, 0.6) is 0 Å². The predicted molar refractivity (Wildman–Crippen MR) is 106 cm³/mol. The van der Waals surface area contributed by atoms with Crippen molar-refractivity contribution < 1.29 is 13.2 Å². The molecule has 8 nitrogen and oxygen atoms in total. The summed E-state index contributed by atoms with van der Waals surface area (Å²) in [5, 5.41) is 2.58. The molecule has 2 aliphatic carbocycles. The average molecular weight is 401 g/mol. The standard InChI is InChI=1S/C19H23N5O3S/c1-24(2)18-20-10-9-16(21-18)28(26,27)23-19(25)22-17-14-7-3-5-12(14)11-13-6-4-8-15(13)17/h9-11H,3-8H2,1-2H3,(H2,22,23,25). The van der Waals surface area contributed by atoms with Crippen molar-refractivity contribution >= 4 is 27.7 Å². The third-order valence-electron chi connectivity index (χ3n) is 5.23. The van der Waals surface area contributed by atoms with Crippen LogP contribution in [0.25, 0.3) is 0 Å². The van der Waals surface area contributed by atoms with E-state index in [0.29, 0.717) is 0 Å². The summed E-state index contributed by atoms with van der Waals surface area (Å²) < 4.78 is 27.3. The lowest BCUT2D eigenvalue weighted by Crippen LogP contribution is -2.35. The molecule has 2 aromatic rings. The molecule has 0 unspecified atom stereocenters. The van der Waals surface area contributed by atoms with Crippen LogP contribution in [0.4, 0.5) is 16.4 Å². The number of rotatable bonds is 4. The van der Waals surface area contributed by atoms with E-state index in [1.165, 1.54) is 23.4 Å². The molecule has 0 radical (unpaired) electrons. The predicted octanol–water partition coefficient (Wildman–Crippen LogP) is 2.03. The Morgan fingerprint density at radius 3 is 2.32 bits per heavy atom. The van der Waals surface area contributed by atoms with Gasteiger partial charge in [0.1, 0.15) is 0 Å². The van der Waals surface area contributed by atoms with Crippen LogP contribution in [0.2, 0.25) is 0 Å². The van der Waals surface area contributed by atoms with Crippen molar-refractivity contribution in [3.05, 3.63) is 40.6 Å². The number of aromatic nitrogens is 2. The Hall–Kier alpha value is -2.68. The zero-order valence-corrected chi connectivity index (χ0v) is 16.8. The number of sulfonamides is 1. The number of urea groups is 1. The van der Waals surface area contributed by atoms with Crippen molar-refractivity contribution in [2.45, 2.75) is 43.6 Å². The number of nitrogens with zero attached hydrogens (tertiary/aromatic N) is 3. The molecule has 148 valence electrons. The number of nitrogens with one attached hydrogen (secondary N) is 2. The van der Waals surface area contributed by atoms with Gasteiger partial charge in [-0.15, -0.1) is 0 Å². The van der Waals surface area contributed by atoms with Crippen molar-refractivity contribution in [1.82, 2.24) is 14.7 Å². The lowest BCUT2D eigenvalue weighted by atomic mass is 9.99. The highest BCUT2D eigenvalue weighted by Gasteiger charge is 2.26. The van der Waals surface area contributed by atoms with Crippen molar-refractivity contribution in [3.63, 3.8) is 0 Å². The number of hydrogen-bond acceptors (Lipinski definition) is 6. The Morgan fingerprint density at radius 2 is 1.71 bits per heavy atom. The van der Waals surface area contributed by atoms with Gasteiger partial charge in [-0.2, -0.15) is 13.4 Å². The van der Waals surface area contributed by atoms with Crippen molar-refractivity contribution in [1.29, 1.82) is 0 Å². The van der Waals surface area contributed by atoms with Crippen LogP contribution in [0.3, 0.4) is 0 Å². The highest BCUT2D eigenvalue weighted by atomic mass is 32.2. The fourth-order valence-electron chi connectivity index (χ4n) is 3.98. The first-order valence-corrected chi connectivity index (χ1v) is 10.8. The zero-order valence-electron chi connectivity index (χ0n) is 15.9. The largest absolute Gasteiger partial charge is 0.347 e. The summed E-state index contributed by atoms with van der Waals surface area (Å²) in [5.74, 6) is 0.252. The molecule has 2 N–H and O–H groups in total. The van der Waals surface area contributed by atoms with E-state index in [2.05, 4.69) is 26.1 Å². The monoisotopic (exact) mass is 401 g/mol.